The van der Waals surface area contributed by atoms with Crippen LogP contribution in [0.1, 0.15) is 21.6 Å². The van der Waals surface area contributed by atoms with E-state index in [1.807, 2.05) is 32.0 Å². The maximum absolute atomic E-state index is 11.0. The van der Waals surface area contributed by atoms with E-state index in [4.69, 9.17) is 5.11 Å². The minimum atomic E-state index is -1.04. The van der Waals surface area contributed by atoms with Crippen molar-refractivity contribution in [2.24, 2.45) is 0 Å². The highest BCUT2D eigenvalue weighted by molar-refractivity contribution is 5.85. The van der Waals surface area contributed by atoms with Gasteiger partial charge in [-0.25, -0.2) is 9.48 Å². The third-order valence-electron chi connectivity index (χ3n) is 2.36. The second kappa shape index (κ2) is 3.77. The number of rotatable bonds is 2. The molecule has 1 N–H and O–H groups in total. The van der Waals surface area contributed by atoms with Gasteiger partial charge in [-0.15, -0.1) is 5.10 Å². The summed E-state index contributed by atoms with van der Waals surface area (Å²) in [4.78, 5) is 11.0. The molecule has 0 aliphatic heterocycles. The van der Waals surface area contributed by atoms with Crippen LogP contribution < -0.4 is 0 Å². The Morgan fingerprint density at radius 1 is 1.38 bits per heavy atom. The van der Waals surface area contributed by atoms with E-state index in [1.54, 1.807) is 0 Å². The van der Waals surface area contributed by atoms with Crippen molar-refractivity contribution < 1.29 is 9.90 Å². The van der Waals surface area contributed by atoms with Crippen LogP contribution in [0.4, 0.5) is 0 Å². The van der Waals surface area contributed by atoms with Crippen molar-refractivity contribution in [3.63, 3.8) is 0 Å². The molecule has 0 fully saturated rings. The van der Waals surface area contributed by atoms with Crippen molar-refractivity contribution in [1.82, 2.24) is 15.0 Å². The molecule has 2 aromatic rings. The van der Waals surface area contributed by atoms with E-state index in [-0.39, 0.29) is 5.69 Å². The Morgan fingerprint density at radius 3 is 2.81 bits per heavy atom. The Kier molecular flexibility index (Phi) is 2.44. The van der Waals surface area contributed by atoms with Crippen LogP contribution in [0.5, 0.6) is 0 Å². The zero-order valence-corrected chi connectivity index (χ0v) is 9.01. The monoisotopic (exact) mass is 217 g/mol. The van der Waals surface area contributed by atoms with E-state index < -0.39 is 5.97 Å². The van der Waals surface area contributed by atoms with Gasteiger partial charge in [0.05, 0.1) is 11.9 Å². The number of aromatic nitrogens is 3. The summed E-state index contributed by atoms with van der Waals surface area (Å²) in [7, 11) is 0. The molecule has 0 aliphatic carbocycles. The minimum Gasteiger partial charge on any atom is -0.476 e. The first-order valence-corrected chi connectivity index (χ1v) is 4.81. The number of nitrogens with zero attached hydrogens (tertiary/aromatic N) is 3. The van der Waals surface area contributed by atoms with Crippen LogP contribution in [-0.4, -0.2) is 26.1 Å². The molecular weight excluding hydrogens is 206 g/mol. The summed E-state index contributed by atoms with van der Waals surface area (Å²) in [6.45, 7) is 3.85. The molecule has 1 heterocycles. The van der Waals surface area contributed by atoms with E-state index >= 15 is 0 Å². The Bertz CT molecular complexity index is 546. The van der Waals surface area contributed by atoms with Gasteiger partial charge in [-0.1, -0.05) is 17.3 Å². The summed E-state index contributed by atoms with van der Waals surface area (Å²) in [5.74, 6) is -1.04. The third kappa shape index (κ3) is 1.67. The number of benzene rings is 1. The second-order valence-corrected chi connectivity index (χ2v) is 3.63. The van der Waals surface area contributed by atoms with Crippen LogP contribution in [0.15, 0.2) is 24.4 Å². The third-order valence-corrected chi connectivity index (χ3v) is 2.36. The van der Waals surface area contributed by atoms with Crippen molar-refractivity contribution in [3.05, 3.63) is 41.2 Å². The molecule has 0 radical (unpaired) electrons. The van der Waals surface area contributed by atoms with Crippen molar-refractivity contribution in [1.29, 1.82) is 0 Å². The average Bonchev–Trinajstić information content (AvgIpc) is 2.70. The smallest absolute Gasteiger partial charge is 0.356 e. The number of carbonyl (C=O) groups is 1. The number of carboxylic acids is 1. The zero-order valence-electron chi connectivity index (χ0n) is 9.01. The molecule has 0 aliphatic rings. The Balaban J connectivity index is 2.62. The molecule has 5 nitrogen and oxygen atoms in total. The Labute approximate surface area is 92.3 Å². The van der Waals surface area contributed by atoms with Crippen LogP contribution >= 0.6 is 0 Å². The van der Waals surface area contributed by atoms with Gasteiger partial charge < -0.3 is 5.11 Å². The summed E-state index contributed by atoms with van der Waals surface area (Å²) >= 11 is 0. The highest BCUT2D eigenvalue weighted by Gasteiger charge is 2.14. The number of carboxylic acid groups (broad SMARTS) is 1. The van der Waals surface area contributed by atoms with E-state index in [2.05, 4.69) is 10.3 Å². The lowest BCUT2D eigenvalue weighted by Crippen LogP contribution is -2.09. The summed E-state index contributed by atoms with van der Waals surface area (Å²) in [5, 5.41) is 16.4. The van der Waals surface area contributed by atoms with Crippen molar-refractivity contribution >= 4 is 5.97 Å². The lowest BCUT2D eigenvalue weighted by molar-refractivity contribution is 0.0687. The van der Waals surface area contributed by atoms with Gasteiger partial charge in [0.15, 0.2) is 5.69 Å². The first kappa shape index (κ1) is 10.4. The number of aromatic carboxylic acids is 1. The molecule has 0 spiro atoms. The van der Waals surface area contributed by atoms with Crippen molar-refractivity contribution in [2.75, 3.05) is 0 Å². The molecule has 0 unspecified atom stereocenters. The predicted octanol–water partition coefficient (Wildman–Crippen LogP) is 1.58. The van der Waals surface area contributed by atoms with Crippen molar-refractivity contribution in [3.8, 4) is 5.69 Å². The summed E-state index contributed by atoms with van der Waals surface area (Å²) in [6.07, 6.45) is 1.24. The fourth-order valence-corrected chi connectivity index (χ4v) is 1.51. The molecule has 0 saturated heterocycles. The van der Waals surface area contributed by atoms with E-state index in [0.29, 0.717) is 0 Å². The predicted molar refractivity (Wildman–Crippen MR) is 57.8 cm³/mol. The summed E-state index contributed by atoms with van der Waals surface area (Å²) in [5.41, 5.74) is 2.81. The standard InChI is InChI=1S/C11H11N3O2/c1-7-3-4-8(2)9(5-7)14-10(11(15)16)6-12-13-14/h3-6H,1-2H3,(H,15,16). The fraction of sp³-hybridized carbons (Fsp3) is 0.182. The first-order chi connectivity index (χ1) is 7.59. The van der Waals surface area contributed by atoms with Crippen molar-refractivity contribution in [2.45, 2.75) is 13.8 Å². The minimum absolute atomic E-state index is 0.0636. The molecular formula is C11H11N3O2. The molecule has 2 rings (SSSR count). The maximum atomic E-state index is 11.0. The molecule has 0 atom stereocenters. The molecule has 1 aromatic carbocycles. The van der Waals surface area contributed by atoms with Gasteiger partial charge in [-0.05, 0) is 31.0 Å². The largest absolute Gasteiger partial charge is 0.476 e. The molecule has 82 valence electrons. The fourth-order valence-electron chi connectivity index (χ4n) is 1.51. The van der Waals surface area contributed by atoms with Gasteiger partial charge in [0.2, 0.25) is 0 Å². The number of aryl methyl sites for hydroxylation is 2. The molecule has 0 saturated carbocycles. The SMILES string of the molecule is Cc1ccc(C)c(-n2nncc2C(=O)O)c1. The van der Waals surface area contributed by atoms with Crippen LogP contribution in [0.3, 0.4) is 0 Å². The van der Waals surface area contributed by atoms with Crippen LogP contribution in [0.25, 0.3) is 5.69 Å². The lowest BCUT2D eigenvalue weighted by atomic mass is 10.1. The summed E-state index contributed by atoms with van der Waals surface area (Å²) < 4.78 is 1.34. The normalized spacial score (nSPS) is 10.4. The van der Waals surface area contributed by atoms with E-state index in [1.165, 1.54) is 10.9 Å². The molecule has 16 heavy (non-hydrogen) atoms. The highest BCUT2D eigenvalue weighted by Crippen LogP contribution is 2.16. The van der Waals surface area contributed by atoms with Crippen LogP contribution in [0.2, 0.25) is 0 Å². The van der Waals surface area contributed by atoms with Gasteiger partial charge in [-0.3, -0.25) is 0 Å². The van der Waals surface area contributed by atoms with Gasteiger partial charge in [0.1, 0.15) is 0 Å². The molecule has 5 heteroatoms. The van der Waals surface area contributed by atoms with Gasteiger partial charge in [0.25, 0.3) is 0 Å². The Hall–Kier alpha value is -2.17. The highest BCUT2D eigenvalue weighted by atomic mass is 16.4. The van der Waals surface area contributed by atoms with Gasteiger partial charge in [0, 0.05) is 0 Å². The molecule has 1 aromatic heterocycles. The summed E-state index contributed by atoms with van der Waals surface area (Å²) in [6, 6.07) is 5.78. The van der Waals surface area contributed by atoms with Crippen LogP contribution in [-0.2, 0) is 0 Å². The number of hydrogen-bond donors (Lipinski definition) is 1. The molecule has 0 bridgehead atoms. The second-order valence-electron chi connectivity index (χ2n) is 3.63. The number of hydrogen-bond acceptors (Lipinski definition) is 3. The van der Waals surface area contributed by atoms with E-state index in [9.17, 15) is 4.79 Å². The average molecular weight is 217 g/mol. The molecule has 0 amide bonds. The van der Waals surface area contributed by atoms with Gasteiger partial charge in [-0.2, -0.15) is 0 Å². The first-order valence-electron chi connectivity index (χ1n) is 4.81. The van der Waals surface area contributed by atoms with E-state index in [0.717, 1.165) is 16.8 Å². The topological polar surface area (TPSA) is 68.0 Å². The van der Waals surface area contributed by atoms with Gasteiger partial charge >= 0.3 is 5.97 Å². The lowest BCUT2D eigenvalue weighted by Gasteiger charge is -2.07. The Morgan fingerprint density at radius 2 is 2.12 bits per heavy atom. The zero-order chi connectivity index (χ0) is 11.7. The maximum Gasteiger partial charge on any atom is 0.356 e. The van der Waals surface area contributed by atoms with Crippen LogP contribution in [0, 0.1) is 13.8 Å². The quantitative estimate of drug-likeness (QED) is 0.829.